The monoisotopic (exact) mass is 321 g/mol. The SMILES string of the molecule is CC.CNC(=O)NC1(CC(=O)OC)C(=O)N(C)c2ccccc21. The van der Waals surface area contributed by atoms with Gasteiger partial charge in [0.25, 0.3) is 5.91 Å². The molecule has 0 aliphatic carbocycles. The van der Waals surface area contributed by atoms with Gasteiger partial charge in [0.1, 0.15) is 0 Å². The second-order valence-electron chi connectivity index (χ2n) is 4.74. The number of fused-ring (bicyclic) bond motifs is 1. The maximum atomic E-state index is 12.7. The van der Waals surface area contributed by atoms with E-state index in [9.17, 15) is 14.4 Å². The van der Waals surface area contributed by atoms with Crippen molar-refractivity contribution in [3.8, 4) is 0 Å². The van der Waals surface area contributed by atoms with Gasteiger partial charge in [0.2, 0.25) is 0 Å². The largest absolute Gasteiger partial charge is 0.469 e. The number of rotatable bonds is 3. The number of esters is 1. The predicted octanol–water partition coefficient (Wildman–Crippen LogP) is 1.38. The van der Waals surface area contributed by atoms with Gasteiger partial charge in [-0.3, -0.25) is 9.59 Å². The smallest absolute Gasteiger partial charge is 0.315 e. The number of anilines is 1. The van der Waals surface area contributed by atoms with E-state index in [0.29, 0.717) is 11.3 Å². The highest BCUT2D eigenvalue weighted by molar-refractivity contribution is 6.10. The zero-order valence-corrected chi connectivity index (χ0v) is 14.1. The number of nitrogens with zero attached hydrogens (tertiary/aromatic N) is 1. The van der Waals surface area contributed by atoms with E-state index >= 15 is 0 Å². The molecule has 1 heterocycles. The molecule has 7 heteroatoms. The lowest BCUT2D eigenvalue weighted by Crippen LogP contribution is -2.55. The highest BCUT2D eigenvalue weighted by atomic mass is 16.5. The molecule has 23 heavy (non-hydrogen) atoms. The Morgan fingerprint density at radius 1 is 1.26 bits per heavy atom. The van der Waals surface area contributed by atoms with E-state index in [1.165, 1.54) is 19.1 Å². The number of benzene rings is 1. The Morgan fingerprint density at radius 2 is 1.87 bits per heavy atom. The van der Waals surface area contributed by atoms with Crippen molar-refractivity contribution in [2.75, 3.05) is 26.1 Å². The van der Waals surface area contributed by atoms with Crippen LogP contribution >= 0.6 is 0 Å². The van der Waals surface area contributed by atoms with Crippen LogP contribution in [0.5, 0.6) is 0 Å². The van der Waals surface area contributed by atoms with Gasteiger partial charge in [-0.25, -0.2) is 4.79 Å². The summed E-state index contributed by atoms with van der Waals surface area (Å²) in [5.74, 6) is -0.956. The van der Waals surface area contributed by atoms with Crippen molar-refractivity contribution < 1.29 is 19.1 Å². The van der Waals surface area contributed by atoms with Crippen LogP contribution in [0.4, 0.5) is 10.5 Å². The number of methoxy groups -OCH3 is 1. The van der Waals surface area contributed by atoms with E-state index in [-0.39, 0.29) is 12.3 Å². The molecule has 1 aliphatic heterocycles. The molecule has 0 bridgehead atoms. The van der Waals surface area contributed by atoms with Gasteiger partial charge in [-0.1, -0.05) is 32.0 Å². The zero-order valence-electron chi connectivity index (χ0n) is 14.1. The lowest BCUT2D eigenvalue weighted by atomic mass is 9.88. The minimum absolute atomic E-state index is 0.267. The van der Waals surface area contributed by atoms with Gasteiger partial charge in [0, 0.05) is 25.3 Å². The summed E-state index contributed by atoms with van der Waals surface area (Å²) in [4.78, 5) is 37.6. The highest BCUT2D eigenvalue weighted by Gasteiger charge is 2.52. The van der Waals surface area contributed by atoms with E-state index in [1.54, 1.807) is 31.3 Å². The standard InChI is InChI=1S/C14H17N3O4.C2H6/c1-15-13(20)16-14(8-11(18)21-3)9-6-4-5-7-10(9)17(2)12(14)19;1-2/h4-7H,8H2,1-3H3,(H2,15,16,20);1-2H3. The molecule has 2 N–H and O–H groups in total. The van der Waals surface area contributed by atoms with Gasteiger partial charge >= 0.3 is 12.0 Å². The number of nitrogens with one attached hydrogen (secondary N) is 2. The van der Waals surface area contributed by atoms with Crippen LogP contribution in [0.15, 0.2) is 24.3 Å². The van der Waals surface area contributed by atoms with Crippen LogP contribution in [0.3, 0.4) is 0 Å². The Labute approximate surface area is 136 Å². The summed E-state index contributed by atoms with van der Waals surface area (Å²) in [6.07, 6.45) is -0.267. The molecule has 0 aromatic heterocycles. The quantitative estimate of drug-likeness (QED) is 0.823. The van der Waals surface area contributed by atoms with Crippen LogP contribution in [-0.2, 0) is 19.9 Å². The summed E-state index contributed by atoms with van der Waals surface area (Å²) in [5.41, 5.74) is -0.215. The van der Waals surface area contributed by atoms with Crippen molar-refractivity contribution >= 4 is 23.6 Å². The molecule has 126 valence electrons. The summed E-state index contributed by atoms with van der Waals surface area (Å²) in [7, 11) is 4.28. The maximum absolute atomic E-state index is 12.7. The van der Waals surface area contributed by atoms with Crippen molar-refractivity contribution in [3.05, 3.63) is 29.8 Å². The second-order valence-corrected chi connectivity index (χ2v) is 4.74. The van der Waals surface area contributed by atoms with Crippen LogP contribution in [0.2, 0.25) is 0 Å². The third-order valence-electron chi connectivity index (χ3n) is 3.59. The average molecular weight is 321 g/mol. The van der Waals surface area contributed by atoms with Gasteiger partial charge in [-0.05, 0) is 6.07 Å². The fourth-order valence-corrected chi connectivity index (χ4v) is 2.52. The molecule has 3 amide bonds. The second kappa shape index (κ2) is 7.62. The number of hydrogen-bond donors (Lipinski definition) is 2. The number of urea groups is 1. The van der Waals surface area contributed by atoms with Gasteiger partial charge < -0.3 is 20.3 Å². The summed E-state index contributed by atoms with van der Waals surface area (Å²) in [5, 5.41) is 5.00. The lowest BCUT2D eigenvalue weighted by Gasteiger charge is -2.28. The third-order valence-corrected chi connectivity index (χ3v) is 3.59. The molecule has 1 aliphatic rings. The van der Waals surface area contributed by atoms with Gasteiger partial charge in [0.15, 0.2) is 5.54 Å². The van der Waals surface area contributed by atoms with Gasteiger partial charge in [0.05, 0.1) is 13.5 Å². The number of ether oxygens (including phenoxy) is 1. The molecular formula is C16H23N3O4. The van der Waals surface area contributed by atoms with E-state index in [0.717, 1.165) is 0 Å². The number of para-hydroxylation sites is 1. The van der Waals surface area contributed by atoms with E-state index in [2.05, 4.69) is 15.4 Å². The molecule has 0 spiro atoms. The van der Waals surface area contributed by atoms with Crippen molar-refractivity contribution in [3.63, 3.8) is 0 Å². The summed E-state index contributed by atoms with van der Waals surface area (Å²) in [6.45, 7) is 4.00. The molecule has 0 saturated heterocycles. The lowest BCUT2D eigenvalue weighted by molar-refractivity contribution is -0.144. The molecule has 2 rings (SSSR count). The summed E-state index contributed by atoms with van der Waals surface area (Å²) < 4.78 is 4.67. The normalized spacial score (nSPS) is 18.5. The molecule has 1 atom stereocenters. The molecule has 1 aromatic rings. The predicted molar refractivity (Wildman–Crippen MR) is 87.1 cm³/mol. The Bertz CT molecular complexity index is 583. The van der Waals surface area contributed by atoms with Crippen molar-refractivity contribution in [2.24, 2.45) is 0 Å². The Hall–Kier alpha value is -2.57. The molecular weight excluding hydrogens is 298 g/mol. The number of carbonyl (C=O) groups excluding carboxylic acids is 3. The average Bonchev–Trinajstić information content (AvgIpc) is 2.79. The minimum atomic E-state index is -1.45. The fourth-order valence-electron chi connectivity index (χ4n) is 2.52. The molecule has 0 saturated carbocycles. The molecule has 1 aromatic carbocycles. The molecule has 0 radical (unpaired) electrons. The number of amides is 3. The Balaban J connectivity index is 0.00000127. The van der Waals surface area contributed by atoms with Gasteiger partial charge in [-0.15, -0.1) is 0 Å². The molecule has 1 unspecified atom stereocenters. The van der Waals surface area contributed by atoms with E-state index in [1.807, 2.05) is 13.8 Å². The summed E-state index contributed by atoms with van der Waals surface area (Å²) in [6, 6.07) is 6.48. The van der Waals surface area contributed by atoms with E-state index < -0.39 is 17.5 Å². The first kappa shape index (κ1) is 18.5. The van der Waals surface area contributed by atoms with E-state index in [4.69, 9.17) is 0 Å². The maximum Gasteiger partial charge on any atom is 0.315 e. The minimum Gasteiger partial charge on any atom is -0.469 e. The highest BCUT2D eigenvalue weighted by Crippen LogP contribution is 2.41. The van der Waals surface area contributed by atoms with Crippen molar-refractivity contribution in [1.82, 2.24) is 10.6 Å². The van der Waals surface area contributed by atoms with Crippen LogP contribution in [0.1, 0.15) is 25.8 Å². The number of hydrogen-bond acceptors (Lipinski definition) is 4. The summed E-state index contributed by atoms with van der Waals surface area (Å²) >= 11 is 0. The van der Waals surface area contributed by atoms with Crippen LogP contribution in [0, 0.1) is 0 Å². The van der Waals surface area contributed by atoms with Crippen molar-refractivity contribution in [2.45, 2.75) is 25.8 Å². The zero-order chi connectivity index (χ0) is 17.6. The van der Waals surface area contributed by atoms with Crippen LogP contribution in [-0.4, -0.2) is 39.1 Å². The first-order chi connectivity index (χ1) is 11.0. The Morgan fingerprint density at radius 3 is 2.43 bits per heavy atom. The number of likely N-dealkylation sites (N-methyl/N-ethyl adjacent to an activating group) is 1. The molecule has 7 nitrogen and oxygen atoms in total. The third kappa shape index (κ3) is 3.28. The van der Waals surface area contributed by atoms with Crippen LogP contribution in [0.25, 0.3) is 0 Å². The van der Waals surface area contributed by atoms with Gasteiger partial charge in [-0.2, -0.15) is 0 Å². The fraction of sp³-hybridized carbons (Fsp3) is 0.438. The number of carbonyl (C=O) groups is 3. The van der Waals surface area contributed by atoms with Crippen LogP contribution < -0.4 is 15.5 Å². The first-order valence-corrected chi connectivity index (χ1v) is 7.40. The van der Waals surface area contributed by atoms with Crippen molar-refractivity contribution in [1.29, 1.82) is 0 Å². The Kier molecular flexibility index (Phi) is 6.12. The topological polar surface area (TPSA) is 87.7 Å². The first-order valence-electron chi connectivity index (χ1n) is 7.40. The molecule has 0 fully saturated rings.